The van der Waals surface area contributed by atoms with Crippen LogP contribution in [-0.4, -0.2) is 33.7 Å². The molecule has 0 amide bonds. The van der Waals surface area contributed by atoms with Gasteiger partial charge in [-0.05, 0) is 44.9 Å². The molecule has 4 heteroatoms. The molecule has 3 rings (SSSR count). The SMILES string of the molecule is CC1(O)CCCN(Cc2cc3ccccc3nc2N)CC1. The van der Waals surface area contributed by atoms with E-state index in [0.29, 0.717) is 5.82 Å². The van der Waals surface area contributed by atoms with Gasteiger partial charge in [-0.2, -0.15) is 0 Å². The topological polar surface area (TPSA) is 62.4 Å². The van der Waals surface area contributed by atoms with Gasteiger partial charge >= 0.3 is 0 Å². The molecular formula is C17H23N3O. The van der Waals surface area contributed by atoms with Gasteiger partial charge < -0.3 is 10.8 Å². The molecule has 1 fully saturated rings. The average molecular weight is 285 g/mol. The van der Waals surface area contributed by atoms with Crippen molar-refractivity contribution in [3.63, 3.8) is 0 Å². The van der Waals surface area contributed by atoms with E-state index in [4.69, 9.17) is 5.73 Å². The summed E-state index contributed by atoms with van der Waals surface area (Å²) in [6.07, 6.45) is 2.71. The van der Waals surface area contributed by atoms with Crippen molar-refractivity contribution in [2.24, 2.45) is 0 Å². The Morgan fingerprint density at radius 2 is 2.10 bits per heavy atom. The van der Waals surface area contributed by atoms with Crippen molar-refractivity contribution in [3.8, 4) is 0 Å². The number of aromatic nitrogens is 1. The van der Waals surface area contributed by atoms with E-state index in [1.807, 2.05) is 25.1 Å². The second-order valence-electron chi connectivity index (χ2n) is 6.35. The molecule has 1 aromatic heterocycles. The molecule has 2 aromatic rings. The highest BCUT2D eigenvalue weighted by Crippen LogP contribution is 2.24. The van der Waals surface area contributed by atoms with Gasteiger partial charge in [0.05, 0.1) is 11.1 Å². The molecule has 0 bridgehead atoms. The van der Waals surface area contributed by atoms with Gasteiger partial charge in [-0.1, -0.05) is 18.2 Å². The van der Waals surface area contributed by atoms with Crippen molar-refractivity contribution < 1.29 is 5.11 Å². The predicted octanol–water partition coefficient (Wildman–Crippen LogP) is 2.55. The summed E-state index contributed by atoms with van der Waals surface area (Å²) < 4.78 is 0. The van der Waals surface area contributed by atoms with Crippen LogP contribution in [0.1, 0.15) is 31.7 Å². The standard InChI is InChI=1S/C17H23N3O/c1-17(21)7-4-9-20(10-8-17)12-14-11-13-5-2-3-6-15(13)19-16(14)18/h2-3,5-6,11,21H,4,7-10,12H2,1H3,(H2,18,19). The number of para-hydroxylation sites is 1. The fourth-order valence-corrected chi connectivity index (χ4v) is 3.02. The quantitative estimate of drug-likeness (QED) is 0.890. The first kappa shape index (κ1) is 14.3. The Morgan fingerprint density at radius 3 is 2.95 bits per heavy atom. The summed E-state index contributed by atoms with van der Waals surface area (Å²) in [5, 5.41) is 11.3. The number of aliphatic hydroxyl groups is 1. The Hall–Kier alpha value is -1.65. The first-order chi connectivity index (χ1) is 10.0. The van der Waals surface area contributed by atoms with Crippen molar-refractivity contribution in [2.75, 3.05) is 18.8 Å². The van der Waals surface area contributed by atoms with Gasteiger partial charge in [-0.15, -0.1) is 0 Å². The predicted molar refractivity (Wildman–Crippen MR) is 85.9 cm³/mol. The van der Waals surface area contributed by atoms with Crippen LogP contribution in [0.3, 0.4) is 0 Å². The number of nitrogens with two attached hydrogens (primary N) is 1. The second-order valence-corrected chi connectivity index (χ2v) is 6.35. The van der Waals surface area contributed by atoms with Gasteiger partial charge in [0.2, 0.25) is 0 Å². The Labute approximate surface area is 125 Å². The van der Waals surface area contributed by atoms with Crippen LogP contribution < -0.4 is 5.73 Å². The van der Waals surface area contributed by atoms with Crippen LogP contribution in [0.4, 0.5) is 5.82 Å². The van der Waals surface area contributed by atoms with Crippen molar-refractivity contribution in [3.05, 3.63) is 35.9 Å². The molecule has 1 unspecified atom stereocenters. The minimum absolute atomic E-state index is 0.526. The summed E-state index contributed by atoms with van der Waals surface area (Å²) >= 11 is 0. The Kier molecular flexibility index (Phi) is 3.83. The van der Waals surface area contributed by atoms with E-state index in [1.165, 1.54) is 0 Å². The lowest BCUT2D eigenvalue weighted by atomic mass is 9.98. The zero-order valence-corrected chi connectivity index (χ0v) is 12.5. The highest BCUT2D eigenvalue weighted by atomic mass is 16.3. The molecule has 0 radical (unpaired) electrons. The Bertz CT molecular complexity index is 639. The number of pyridine rings is 1. The zero-order valence-electron chi connectivity index (χ0n) is 12.5. The molecule has 3 N–H and O–H groups in total. The van der Waals surface area contributed by atoms with E-state index < -0.39 is 5.60 Å². The molecule has 0 saturated carbocycles. The van der Waals surface area contributed by atoms with Crippen LogP contribution in [0, 0.1) is 0 Å². The molecular weight excluding hydrogens is 262 g/mol. The maximum absolute atomic E-state index is 10.2. The van der Waals surface area contributed by atoms with Gasteiger partial charge in [0.1, 0.15) is 5.82 Å². The van der Waals surface area contributed by atoms with Gasteiger partial charge in [0, 0.05) is 24.0 Å². The van der Waals surface area contributed by atoms with Crippen LogP contribution in [0.15, 0.2) is 30.3 Å². The third-order valence-corrected chi connectivity index (χ3v) is 4.39. The fourth-order valence-electron chi connectivity index (χ4n) is 3.02. The normalized spacial score (nSPS) is 24.1. The van der Waals surface area contributed by atoms with E-state index >= 15 is 0 Å². The number of benzene rings is 1. The number of anilines is 1. The number of rotatable bonds is 2. The highest BCUT2D eigenvalue weighted by Gasteiger charge is 2.25. The monoisotopic (exact) mass is 285 g/mol. The lowest BCUT2D eigenvalue weighted by Crippen LogP contribution is -2.28. The number of fused-ring (bicyclic) bond motifs is 1. The fraction of sp³-hybridized carbons (Fsp3) is 0.471. The number of nitrogens with zero attached hydrogens (tertiary/aromatic N) is 2. The number of nitrogen functional groups attached to an aromatic ring is 1. The van der Waals surface area contributed by atoms with Gasteiger partial charge in [-0.25, -0.2) is 4.98 Å². The molecule has 1 saturated heterocycles. The van der Waals surface area contributed by atoms with E-state index in [0.717, 1.165) is 55.4 Å². The highest BCUT2D eigenvalue weighted by molar-refractivity contribution is 5.81. The van der Waals surface area contributed by atoms with E-state index in [9.17, 15) is 5.11 Å². The molecule has 1 atom stereocenters. The van der Waals surface area contributed by atoms with Crippen molar-refractivity contribution in [1.29, 1.82) is 0 Å². The largest absolute Gasteiger partial charge is 0.390 e. The summed E-state index contributed by atoms with van der Waals surface area (Å²) in [5.41, 5.74) is 7.60. The number of likely N-dealkylation sites (tertiary alicyclic amines) is 1. The van der Waals surface area contributed by atoms with Crippen LogP contribution in [0.5, 0.6) is 0 Å². The Balaban J connectivity index is 1.79. The molecule has 0 spiro atoms. The maximum atomic E-state index is 10.2. The summed E-state index contributed by atoms with van der Waals surface area (Å²) in [7, 11) is 0. The van der Waals surface area contributed by atoms with E-state index in [1.54, 1.807) is 0 Å². The van der Waals surface area contributed by atoms with Crippen molar-refractivity contribution in [2.45, 2.75) is 38.3 Å². The van der Waals surface area contributed by atoms with Gasteiger partial charge in [0.25, 0.3) is 0 Å². The Morgan fingerprint density at radius 1 is 1.29 bits per heavy atom. The minimum atomic E-state index is -0.526. The molecule has 0 aliphatic carbocycles. The molecule has 112 valence electrons. The molecule has 4 nitrogen and oxygen atoms in total. The van der Waals surface area contributed by atoms with Crippen LogP contribution in [-0.2, 0) is 6.54 Å². The third-order valence-electron chi connectivity index (χ3n) is 4.39. The van der Waals surface area contributed by atoms with Crippen LogP contribution in [0.25, 0.3) is 10.9 Å². The first-order valence-corrected chi connectivity index (χ1v) is 7.62. The van der Waals surface area contributed by atoms with Crippen LogP contribution in [0.2, 0.25) is 0 Å². The second kappa shape index (κ2) is 5.62. The van der Waals surface area contributed by atoms with Gasteiger partial charge in [-0.3, -0.25) is 4.90 Å². The summed E-state index contributed by atoms with van der Waals surface area (Å²) in [4.78, 5) is 6.86. The summed E-state index contributed by atoms with van der Waals surface area (Å²) in [6.45, 7) is 4.64. The smallest absolute Gasteiger partial charge is 0.128 e. The van der Waals surface area contributed by atoms with Gasteiger partial charge in [0.15, 0.2) is 0 Å². The first-order valence-electron chi connectivity index (χ1n) is 7.62. The molecule has 21 heavy (non-hydrogen) atoms. The van der Waals surface area contributed by atoms with E-state index in [-0.39, 0.29) is 0 Å². The number of hydrogen-bond acceptors (Lipinski definition) is 4. The average Bonchev–Trinajstić information content (AvgIpc) is 2.61. The van der Waals surface area contributed by atoms with E-state index in [2.05, 4.69) is 22.0 Å². The lowest BCUT2D eigenvalue weighted by Gasteiger charge is -2.23. The summed E-state index contributed by atoms with van der Waals surface area (Å²) in [6, 6.07) is 10.2. The van der Waals surface area contributed by atoms with Crippen LogP contribution >= 0.6 is 0 Å². The molecule has 1 aliphatic rings. The molecule has 1 aliphatic heterocycles. The maximum Gasteiger partial charge on any atom is 0.128 e. The molecule has 2 heterocycles. The summed E-state index contributed by atoms with van der Waals surface area (Å²) in [5.74, 6) is 0.615. The third kappa shape index (κ3) is 3.34. The minimum Gasteiger partial charge on any atom is -0.390 e. The lowest BCUT2D eigenvalue weighted by molar-refractivity contribution is 0.0444. The van der Waals surface area contributed by atoms with Crippen molar-refractivity contribution >= 4 is 16.7 Å². The molecule has 1 aromatic carbocycles. The number of hydrogen-bond donors (Lipinski definition) is 2. The van der Waals surface area contributed by atoms with Crippen molar-refractivity contribution in [1.82, 2.24) is 9.88 Å². The zero-order chi connectivity index (χ0) is 14.9.